The standard InChI is InChI=1S/C11H15BrN2O4S2/c12-10-7-9(1-2-11(10)13)20(17,18)14-8-3-5-19(15,16)6-4-8/h1-2,7-8,14H,3-6,13H2. The quantitative estimate of drug-likeness (QED) is 0.754. The van der Waals surface area contributed by atoms with E-state index in [0.717, 1.165) is 0 Å². The van der Waals surface area contributed by atoms with Gasteiger partial charge in [-0.05, 0) is 47.0 Å². The summed E-state index contributed by atoms with van der Waals surface area (Å²) in [4.78, 5) is 0.104. The van der Waals surface area contributed by atoms with Gasteiger partial charge in [-0.25, -0.2) is 21.6 Å². The summed E-state index contributed by atoms with van der Waals surface area (Å²) in [6.45, 7) is 0. The molecule has 112 valence electrons. The van der Waals surface area contributed by atoms with Crippen molar-refractivity contribution < 1.29 is 16.8 Å². The van der Waals surface area contributed by atoms with Crippen molar-refractivity contribution in [2.45, 2.75) is 23.8 Å². The SMILES string of the molecule is Nc1ccc(S(=O)(=O)NC2CCS(=O)(=O)CC2)cc1Br. The number of sulfone groups is 1. The lowest BCUT2D eigenvalue weighted by Crippen LogP contribution is -2.40. The maximum atomic E-state index is 12.2. The number of nitrogens with one attached hydrogen (secondary N) is 1. The first kappa shape index (κ1) is 15.7. The van der Waals surface area contributed by atoms with Crippen molar-refractivity contribution in [2.75, 3.05) is 17.2 Å². The van der Waals surface area contributed by atoms with Crippen LogP contribution in [0.25, 0.3) is 0 Å². The first-order valence-electron chi connectivity index (χ1n) is 5.97. The summed E-state index contributed by atoms with van der Waals surface area (Å²) in [6.07, 6.45) is 0.607. The van der Waals surface area contributed by atoms with Crippen molar-refractivity contribution in [3.05, 3.63) is 22.7 Å². The third kappa shape index (κ3) is 3.72. The molecule has 0 radical (unpaired) electrons. The molecule has 6 nitrogen and oxygen atoms in total. The van der Waals surface area contributed by atoms with Crippen LogP contribution in [0.1, 0.15) is 12.8 Å². The Labute approximate surface area is 126 Å². The number of benzene rings is 1. The number of sulfonamides is 1. The van der Waals surface area contributed by atoms with E-state index in [9.17, 15) is 16.8 Å². The van der Waals surface area contributed by atoms with E-state index < -0.39 is 19.9 Å². The van der Waals surface area contributed by atoms with Crippen LogP contribution in [0.5, 0.6) is 0 Å². The second kappa shape index (κ2) is 5.63. The van der Waals surface area contributed by atoms with Gasteiger partial charge in [0, 0.05) is 16.2 Å². The Kier molecular flexibility index (Phi) is 4.43. The van der Waals surface area contributed by atoms with Crippen molar-refractivity contribution in [1.82, 2.24) is 4.72 Å². The van der Waals surface area contributed by atoms with Crippen LogP contribution in [-0.2, 0) is 19.9 Å². The van der Waals surface area contributed by atoms with Gasteiger partial charge in [-0.3, -0.25) is 0 Å². The van der Waals surface area contributed by atoms with Crippen LogP contribution < -0.4 is 10.5 Å². The summed E-state index contributed by atoms with van der Waals surface area (Å²) in [5, 5.41) is 0. The van der Waals surface area contributed by atoms with Crippen molar-refractivity contribution in [1.29, 1.82) is 0 Å². The third-order valence-corrected chi connectivity index (χ3v) is 7.08. The molecule has 0 unspecified atom stereocenters. The largest absolute Gasteiger partial charge is 0.398 e. The maximum absolute atomic E-state index is 12.2. The normalized spacial score (nSPS) is 19.9. The summed E-state index contributed by atoms with van der Waals surface area (Å²) in [7, 11) is -6.67. The highest BCUT2D eigenvalue weighted by molar-refractivity contribution is 9.10. The molecule has 1 aliphatic rings. The van der Waals surface area contributed by atoms with Gasteiger partial charge in [0.15, 0.2) is 0 Å². The Morgan fingerprint density at radius 1 is 1.25 bits per heavy atom. The highest BCUT2D eigenvalue weighted by Gasteiger charge is 2.27. The lowest BCUT2D eigenvalue weighted by atomic mass is 10.2. The molecular weight excluding hydrogens is 368 g/mol. The van der Waals surface area contributed by atoms with Gasteiger partial charge < -0.3 is 5.73 Å². The minimum Gasteiger partial charge on any atom is -0.398 e. The second-order valence-electron chi connectivity index (χ2n) is 4.73. The Bertz CT molecular complexity index is 702. The minimum absolute atomic E-state index is 0.0195. The highest BCUT2D eigenvalue weighted by Crippen LogP contribution is 2.24. The first-order chi connectivity index (χ1) is 9.20. The van der Waals surface area contributed by atoms with Crippen molar-refractivity contribution >= 4 is 41.5 Å². The number of anilines is 1. The molecule has 20 heavy (non-hydrogen) atoms. The average molecular weight is 383 g/mol. The molecule has 9 heteroatoms. The van der Waals surface area contributed by atoms with E-state index in [1.807, 2.05) is 0 Å². The summed E-state index contributed by atoms with van der Waals surface area (Å²) in [6, 6.07) is 4.00. The van der Waals surface area contributed by atoms with E-state index in [-0.39, 0.29) is 22.4 Å². The van der Waals surface area contributed by atoms with Crippen LogP contribution in [0, 0.1) is 0 Å². The van der Waals surface area contributed by atoms with E-state index in [2.05, 4.69) is 20.7 Å². The van der Waals surface area contributed by atoms with Crippen LogP contribution in [-0.4, -0.2) is 34.4 Å². The van der Waals surface area contributed by atoms with Gasteiger partial charge in [0.2, 0.25) is 10.0 Å². The average Bonchev–Trinajstić information content (AvgIpc) is 2.35. The van der Waals surface area contributed by atoms with Gasteiger partial charge in [0.1, 0.15) is 9.84 Å². The highest BCUT2D eigenvalue weighted by atomic mass is 79.9. The minimum atomic E-state index is -3.67. The zero-order valence-corrected chi connectivity index (χ0v) is 13.8. The number of rotatable bonds is 3. The molecule has 2 rings (SSSR count). The summed E-state index contributed by atoms with van der Waals surface area (Å²) < 4.78 is 50.1. The van der Waals surface area contributed by atoms with Gasteiger partial charge in [0.05, 0.1) is 16.4 Å². The molecule has 0 saturated carbocycles. The fourth-order valence-electron chi connectivity index (χ4n) is 1.97. The fourth-order valence-corrected chi connectivity index (χ4v) is 5.32. The Morgan fingerprint density at radius 2 is 1.85 bits per heavy atom. The summed E-state index contributed by atoms with van der Waals surface area (Å²) >= 11 is 3.18. The van der Waals surface area contributed by atoms with E-state index in [1.54, 1.807) is 0 Å². The molecule has 1 aromatic carbocycles. The van der Waals surface area contributed by atoms with Crippen LogP contribution in [0.3, 0.4) is 0 Å². The van der Waals surface area contributed by atoms with Gasteiger partial charge in [0.25, 0.3) is 0 Å². The molecule has 1 heterocycles. The predicted molar refractivity (Wildman–Crippen MR) is 80.6 cm³/mol. The molecule has 1 aromatic rings. The van der Waals surface area contributed by atoms with Crippen molar-refractivity contribution in [2.24, 2.45) is 0 Å². The predicted octanol–water partition coefficient (Wildman–Crippen LogP) is 0.887. The molecular formula is C11H15BrN2O4S2. The molecule has 3 N–H and O–H groups in total. The zero-order chi connectivity index (χ0) is 15.0. The van der Waals surface area contributed by atoms with E-state index in [0.29, 0.717) is 23.0 Å². The molecule has 0 atom stereocenters. The molecule has 1 fully saturated rings. The van der Waals surface area contributed by atoms with Crippen molar-refractivity contribution in [3.8, 4) is 0 Å². The zero-order valence-electron chi connectivity index (χ0n) is 10.5. The van der Waals surface area contributed by atoms with Gasteiger partial charge >= 0.3 is 0 Å². The fraction of sp³-hybridized carbons (Fsp3) is 0.455. The number of nitrogens with two attached hydrogens (primary N) is 1. The van der Waals surface area contributed by atoms with Crippen molar-refractivity contribution in [3.63, 3.8) is 0 Å². The molecule has 0 aliphatic carbocycles. The van der Waals surface area contributed by atoms with Crippen LogP contribution in [0.15, 0.2) is 27.6 Å². The van der Waals surface area contributed by atoms with Gasteiger partial charge in [-0.2, -0.15) is 0 Å². The maximum Gasteiger partial charge on any atom is 0.240 e. The number of hydrogen-bond donors (Lipinski definition) is 2. The summed E-state index contributed by atoms with van der Waals surface area (Å²) in [5.41, 5.74) is 6.07. The monoisotopic (exact) mass is 382 g/mol. The topological polar surface area (TPSA) is 106 Å². The lowest BCUT2D eigenvalue weighted by Gasteiger charge is -2.22. The smallest absolute Gasteiger partial charge is 0.240 e. The molecule has 0 bridgehead atoms. The first-order valence-corrected chi connectivity index (χ1v) is 10.1. The lowest BCUT2D eigenvalue weighted by molar-refractivity contribution is 0.505. The van der Waals surface area contributed by atoms with E-state index in [1.165, 1.54) is 18.2 Å². The Hall–Kier alpha value is -0.640. The molecule has 0 spiro atoms. The summed E-state index contributed by atoms with van der Waals surface area (Å²) in [5.74, 6) is 0.0389. The number of nitrogen functional groups attached to an aromatic ring is 1. The van der Waals surface area contributed by atoms with E-state index >= 15 is 0 Å². The Balaban J connectivity index is 2.13. The van der Waals surface area contributed by atoms with Gasteiger partial charge in [-0.15, -0.1) is 0 Å². The number of hydrogen-bond acceptors (Lipinski definition) is 5. The van der Waals surface area contributed by atoms with Crippen LogP contribution in [0.2, 0.25) is 0 Å². The van der Waals surface area contributed by atoms with Crippen LogP contribution >= 0.6 is 15.9 Å². The van der Waals surface area contributed by atoms with E-state index in [4.69, 9.17) is 5.73 Å². The Morgan fingerprint density at radius 3 is 2.40 bits per heavy atom. The van der Waals surface area contributed by atoms with Crippen LogP contribution in [0.4, 0.5) is 5.69 Å². The molecule has 0 aromatic heterocycles. The molecule has 1 aliphatic heterocycles. The van der Waals surface area contributed by atoms with Gasteiger partial charge in [-0.1, -0.05) is 0 Å². The number of halogens is 1. The third-order valence-electron chi connectivity index (χ3n) is 3.16. The molecule has 1 saturated heterocycles. The second-order valence-corrected chi connectivity index (χ2v) is 9.60. The molecule has 0 amide bonds.